The fourth-order valence-corrected chi connectivity index (χ4v) is 0.984. The van der Waals surface area contributed by atoms with Crippen LogP contribution in [0.1, 0.15) is 0 Å². The zero-order chi connectivity index (χ0) is 11.0. The maximum atomic E-state index is 10.4. The Morgan fingerprint density at radius 1 is 1.13 bits per heavy atom. The van der Waals surface area contributed by atoms with Crippen LogP contribution >= 0.6 is 0 Å². The molecule has 0 unspecified atom stereocenters. The minimum Gasteiger partial charge on any atom is -0.230 e. The molecule has 0 radical (unpaired) electrons. The summed E-state index contributed by atoms with van der Waals surface area (Å²) in [4.78, 5) is 20.8. The van der Waals surface area contributed by atoms with Crippen molar-refractivity contribution in [1.29, 1.82) is 0 Å². The van der Waals surface area contributed by atoms with Gasteiger partial charge in [-0.05, 0) is 0 Å². The van der Waals surface area contributed by atoms with Crippen molar-refractivity contribution in [3.05, 3.63) is 20.2 Å². The molecule has 0 fully saturated rings. The molecule has 2 aliphatic rings. The van der Waals surface area contributed by atoms with Gasteiger partial charge in [0.25, 0.3) is 0 Å². The lowest BCUT2D eigenvalue weighted by atomic mass is 10.2. The maximum absolute atomic E-state index is 10.4. The second-order valence-corrected chi connectivity index (χ2v) is 2.37. The van der Waals surface area contributed by atoms with Crippen molar-refractivity contribution in [3.63, 3.8) is 0 Å². The first-order valence-electron chi connectivity index (χ1n) is 3.47. The Hall–Kier alpha value is -2.72. The van der Waals surface area contributed by atoms with Crippen molar-refractivity contribution in [3.8, 4) is 0 Å². The van der Waals surface area contributed by atoms with Crippen LogP contribution in [0.4, 0.5) is 0 Å². The minimum atomic E-state index is -1.22. The van der Waals surface area contributed by atoms with E-state index in [0.717, 1.165) is 0 Å². The molecular weight excluding hydrogens is 210 g/mol. The molecule has 0 aromatic heterocycles. The molecule has 0 saturated heterocycles. The second-order valence-electron chi connectivity index (χ2n) is 2.37. The van der Waals surface area contributed by atoms with Crippen LogP contribution < -0.4 is 0 Å². The number of fused-ring (bicyclic) bond motifs is 1. The van der Waals surface area contributed by atoms with E-state index in [1.807, 2.05) is 0 Å². The summed E-state index contributed by atoms with van der Waals surface area (Å²) < 4.78 is 0. The van der Waals surface area contributed by atoms with E-state index in [1.165, 1.54) is 6.21 Å². The van der Waals surface area contributed by atoms with E-state index < -0.39 is 15.9 Å². The van der Waals surface area contributed by atoms with E-state index in [1.54, 1.807) is 0 Å². The maximum Gasteiger partial charge on any atom is 0.320 e. The summed E-state index contributed by atoms with van der Waals surface area (Å²) in [6.45, 7) is 0. The Kier molecular flexibility index (Phi) is 1.71. The fraction of sp³-hybridized carbons (Fsp3) is 0. The topological polar surface area (TPSA) is 139 Å². The fourth-order valence-electron chi connectivity index (χ4n) is 0.984. The highest BCUT2D eigenvalue weighted by Crippen LogP contribution is 2.08. The van der Waals surface area contributed by atoms with Crippen LogP contribution in [0.3, 0.4) is 0 Å². The standard InChI is InChI=1S/C4HN7O4/c12-10(13)9(11(14)15)4-3-2(6-8-4)1-5-7-3/h1H. The smallest absolute Gasteiger partial charge is 0.230 e. The molecule has 0 bridgehead atoms. The highest BCUT2D eigenvalue weighted by molar-refractivity contribution is 6.81. The molecule has 0 aliphatic carbocycles. The quantitative estimate of drug-likeness (QED) is 0.420. The number of amidine groups is 1. The van der Waals surface area contributed by atoms with Crippen LogP contribution in [0.15, 0.2) is 20.4 Å². The number of rotatable bonds is 2. The molecule has 0 amide bonds. The Labute approximate surface area is 80.4 Å². The molecule has 11 nitrogen and oxygen atoms in total. The summed E-state index contributed by atoms with van der Waals surface area (Å²) in [5, 5.41) is 31.5. The zero-order valence-electron chi connectivity index (χ0n) is 6.84. The number of nitrogens with zero attached hydrogens (tertiary/aromatic N) is 7. The van der Waals surface area contributed by atoms with Gasteiger partial charge in [-0.2, -0.15) is 5.10 Å². The summed E-state index contributed by atoms with van der Waals surface area (Å²) in [6, 6.07) is 0. The van der Waals surface area contributed by atoms with Crippen LogP contribution in [0.2, 0.25) is 0 Å². The molecule has 2 heterocycles. The number of nitro groups is 2. The van der Waals surface area contributed by atoms with Gasteiger partial charge in [0.1, 0.15) is 5.71 Å². The van der Waals surface area contributed by atoms with Gasteiger partial charge in [-0.15, -0.1) is 15.3 Å². The number of hydrogen-bond acceptors (Lipinski definition) is 8. The van der Waals surface area contributed by atoms with E-state index in [-0.39, 0.29) is 16.5 Å². The molecule has 0 aromatic carbocycles. The lowest BCUT2D eigenvalue weighted by Gasteiger charge is -2.00. The molecule has 11 heteroatoms. The highest BCUT2D eigenvalue weighted by atomic mass is 16.8. The molecule has 0 saturated carbocycles. The molecule has 0 spiro atoms. The molecule has 0 aromatic rings. The lowest BCUT2D eigenvalue weighted by Crippen LogP contribution is -2.44. The molecule has 15 heavy (non-hydrogen) atoms. The van der Waals surface area contributed by atoms with Crippen molar-refractivity contribution in [2.24, 2.45) is 20.4 Å². The zero-order valence-corrected chi connectivity index (χ0v) is 6.84. The van der Waals surface area contributed by atoms with E-state index >= 15 is 0 Å². The Balaban J connectivity index is 2.34. The summed E-state index contributed by atoms with van der Waals surface area (Å²) in [5.41, 5.74) is 0.0853. The van der Waals surface area contributed by atoms with Crippen molar-refractivity contribution in [2.45, 2.75) is 0 Å². The second kappa shape index (κ2) is 2.90. The third kappa shape index (κ3) is 1.21. The predicted octanol–water partition coefficient (Wildman–Crippen LogP) is -1.12. The normalized spacial score (nSPS) is 16.7. The summed E-state index contributed by atoms with van der Waals surface area (Å²) in [5.74, 6) is -0.558. The van der Waals surface area contributed by atoms with E-state index in [4.69, 9.17) is 0 Å². The number of hydrazine groups is 2. The highest BCUT2D eigenvalue weighted by Gasteiger charge is 2.43. The van der Waals surface area contributed by atoms with Crippen LogP contribution in [-0.4, -0.2) is 38.7 Å². The molecule has 2 rings (SSSR count). The van der Waals surface area contributed by atoms with E-state index in [0.29, 0.717) is 0 Å². The Bertz CT molecular complexity index is 459. The third-order valence-corrected chi connectivity index (χ3v) is 1.54. The van der Waals surface area contributed by atoms with Crippen molar-refractivity contribution < 1.29 is 10.1 Å². The molecule has 2 aliphatic heterocycles. The molecule has 0 N–H and O–H groups in total. The van der Waals surface area contributed by atoms with Gasteiger partial charge in [0, 0.05) is 0 Å². The third-order valence-electron chi connectivity index (χ3n) is 1.54. The molecule has 76 valence electrons. The van der Waals surface area contributed by atoms with Gasteiger partial charge >= 0.3 is 5.84 Å². The minimum absolute atomic E-state index is 0.0802. The summed E-state index contributed by atoms with van der Waals surface area (Å²) >= 11 is 0. The molecular formula is C4HN7O4. The summed E-state index contributed by atoms with van der Waals surface area (Å²) in [6.07, 6.45) is 1.20. The van der Waals surface area contributed by atoms with Gasteiger partial charge in [0.2, 0.25) is 15.2 Å². The van der Waals surface area contributed by atoms with Crippen LogP contribution in [0, 0.1) is 20.2 Å². The first-order valence-corrected chi connectivity index (χ1v) is 3.47. The summed E-state index contributed by atoms with van der Waals surface area (Å²) in [7, 11) is 0. The van der Waals surface area contributed by atoms with Crippen molar-refractivity contribution in [2.75, 3.05) is 0 Å². The van der Waals surface area contributed by atoms with E-state index in [2.05, 4.69) is 20.4 Å². The predicted molar refractivity (Wildman–Crippen MR) is 46.6 cm³/mol. The van der Waals surface area contributed by atoms with Gasteiger partial charge in [-0.3, -0.25) is 0 Å². The first-order chi connectivity index (χ1) is 7.11. The van der Waals surface area contributed by atoms with Gasteiger partial charge in [-0.1, -0.05) is 0 Å². The van der Waals surface area contributed by atoms with Crippen LogP contribution in [-0.2, 0) is 0 Å². The SMILES string of the molecule is O=[N+]([O-])N(C1=NN=C2C=NN=C21)[N+](=O)[O-]. The average molecular weight is 211 g/mol. The van der Waals surface area contributed by atoms with Crippen LogP contribution in [0.5, 0.6) is 0 Å². The molecule has 0 atom stereocenters. The van der Waals surface area contributed by atoms with Gasteiger partial charge in [0.05, 0.1) is 6.21 Å². The van der Waals surface area contributed by atoms with Crippen LogP contribution in [0.25, 0.3) is 0 Å². The Morgan fingerprint density at radius 3 is 2.40 bits per heavy atom. The van der Waals surface area contributed by atoms with Crippen molar-refractivity contribution >= 4 is 23.5 Å². The largest absolute Gasteiger partial charge is 0.320 e. The Morgan fingerprint density at radius 2 is 1.80 bits per heavy atom. The van der Waals surface area contributed by atoms with E-state index in [9.17, 15) is 20.2 Å². The monoisotopic (exact) mass is 211 g/mol. The lowest BCUT2D eigenvalue weighted by molar-refractivity contribution is -0.880. The van der Waals surface area contributed by atoms with Crippen molar-refractivity contribution in [1.82, 2.24) is 5.12 Å². The van der Waals surface area contributed by atoms with Gasteiger partial charge < -0.3 is 0 Å². The first kappa shape index (κ1) is 8.86. The van der Waals surface area contributed by atoms with Gasteiger partial charge in [0.15, 0.2) is 5.71 Å². The average Bonchev–Trinajstić information content (AvgIpc) is 2.67. The van der Waals surface area contributed by atoms with Gasteiger partial charge in [-0.25, -0.2) is 20.2 Å². The number of hydrogen-bond donors (Lipinski definition) is 0.